The fraction of sp³-hybridized carbons (Fsp3) is 1.00. The van der Waals surface area contributed by atoms with E-state index in [0.717, 1.165) is 0 Å². The lowest BCUT2D eigenvalue weighted by Gasteiger charge is -2.09. The fourth-order valence-electron chi connectivity index (χ4n) is 0.870. The highest BCUT2D eigenvalue weighted by molar-refractivity contribution is 6.45. The number of rotatable bonds is 1. The molecule has 1 saturated heterocycles. The van der Waals surface area contributed by atoms with Gasteiger partial charge in [0.25, 0.3) is 0 Å². The van der Waals surface area contributed by atoms with Gasteiger partial charge in [-0.1, -0.05) is 0 Å². The molecule has 9 heavy (non-hydrogen) atoms. The Hall–Kier alpha value is 0.275. The highest BCUT2D eigenvalue weighted by Crippen LogP contribution is 2.26. The lowest BCUT2D eigenvalue weighted by molar-refractivity contribution is 0.0588. The zero-order valence-electron chi connectivity index (χ0n) is 5.01. The van der Waals surface area contributed by atoms with Crippen LogP contribution in [-0.4, -0.2) is 37.0 Å². The van der Waals surface area contributed by atoms with Crippen LogP contribution in [-0.2, 0) is 4.74 Å². The average molecular weight is 146 g/mol. The summed E-state index contributed by atoms with van der Waals surface area (Å²) in [6.45, 7) is 0.339. The smallest absolute Gasteiger partial charge is 0.0998 e. The molecule has 0 amide bonds. The van der Waals surface area contributed by atoms with Crippen molar-refractivity contribution in [1.82, 2.24) is 0 Å². The molecule has 0 aromatic rings. The Morgan fingerprint density at radius 3 is 2.78 bits per heavy atom. The molecule has 1 heterocycles. The van der Waals surface area contributed by atoms with Crippen LogP contribution in [0.3, 0.4) is 0 Å². The first-order valence-corrected chi connectivity index (χ1v) is 3.22. The predicted molar refractivity (Wildman–Crippen MR) is 35.8 cm³/mol. The van der Waals surface area contributed by atoms with Crippen LogP contribution in [0.5, 0.6) is 0 Å². The third-order valence-corrected chi connectivity index (χ3v) is 1.59. The van der Waals surface area contributed by atoms with Crippen molar-refractivity contribution in [2.24, 2.45) is 0 Å². The van der Waals surface area contributed by atoms with Gasteiger partial charge in [0.15, 0.2) is 0 Å². The number of halogens is 1. The van der Waals surface area contributed by atoms with E-state index in [9.17, 15) is 0 Å². The van der Waals surface area contributed by atoms with Gasteiger partial charge in [0.1, 0.15) is 0 Å². The van der Waals surface area contributed by atoms with Gasteiger partial charge >= 0.3 is 0 Å². The number of alkyl halides is 1. The molecule has 0 aliphatic carbocycles. The minimum atomic E-state index is -0.743. The van der Waals surface area contributed by atoms with Crippen LogP contribution < -0.4 is 0 Å². The normalized spacial score (nSPS) is 43.6. The lowest BCUT2D eigenvalue weighted by Crippen LogP contribution is -2.21. The maximum absolute atomic E-state index is 8.56. The van der Waals surface area contributed by atoms with Crippen LogP contribution >= 0.6 is 11.6 Å². The van der Waals surface area contributed by atoms with E-state index in [4.69, 9.17) is 29.3 Å². The van der Waals surface area contributed by atoms with Crippen molar-refractivity contribution in [2.75, 3.05) is 13.2 Å². The Morgan fingerprint density at radius 2 is 2.56 bits per heavy atom. The molecule has 1 fully saturated rings. The van der Waals surface area contributed by atoms with Gasteiger partial charge in [-0.3, -0.25) is 0 Å². The van der Waals surface area contributed by atoms with E-state index >= 15 is 0 Å². The molecule has 1 aliphatic heterocycles. The summed E-state index contributed by atoms with van der Waals surface area (Å²) in [5.41, 5.74) is 0. The Labute approximate surface area is 60.6 Å². The maximum atomic E-state index is 8.56. The Morgan fingerprint density at radius 1 is 1.89 bits per heavy atom. The molecular weight excluding hydrogens is 138 g/mol. The number of hydrogen-bond donors (Lipinski definition) is 1. The molecule has 1 unspecified atom stereocenters. The zero-order valence-corrected chi connectivity index (χ0v) is 5.77. The largest absolute Gasteiger partial charge is 0.394 e. The highest BCUT2D eigenvalue weighted by atomic mass is 35.5. The van der Waals surface area contributed by atoms with Gasteiger partial charge in [0.2, 0.25) is 0 Å². The second-order valence-corrected chi connectivity index (χ2v) is 3.11. The van der Waals surface area contributed by atoms with Crippen molar-refractivity contribution in [3.05, 3.63) is 0 Å². The summed E-state index contributed by atoms with van der Waals surface area (Å²) in [5.74, 6) is 0. The average Bonchev–Trinajstić information content (AvgIpc) is 2.10. The first-order chi connectivity index (χ1) is 4.14. The first kappa shape index (κ1) is 7.38. The summed E-state index contributed by atoms with van der Waals surface area (Å²) < 4.78 is 4.27. The number of aliphatic hydroxyl groups excluding tert-OH is 1. The third-order valence-electron chi connectivity index (χ3n) is 1.33. The summed E-state index contributed by atoms with van der Waals surface area (Å²) in [6, 6.07) is 0. The molecule has 0 spiro atoms. The van der Waals surface area contributed by atoms with E-state index in [0.29, 0.717) is 13.0 Å². The molecule has 2 nitrogen and oxygen atoms in total. The molecule has 0 aromatic heterocycles. The van der Waals surface area contributed by atoms with E-state index in [1.165, 1.54) is 0 Å². The predicted octanol–water partition coefficient (Wildman–Crippen LogP) is -0.129. The summed E-state index contributed by atoms with van der Waals surface area (Å²) in [4.78, 5) is 0. The van der Waals surface area contributed by atoms with Crippen LogP contribution in [0.4, 0.5) is 0 Å². The highest BCUT2D eigenvalue weighted by Gasteiger charge is 2.32. The second-order valence-electron chi connectivity index (χ2n) is 2.35. The van der Waals surface area contributed by atoms with Gasteiger partial charge in [0.05, 0.1) is 27.2 Å². The Balaban J connectivity index is 2.38. The molecule has 2 atom stereocenters. The van der Waals surface area contributed by atoms with Crippen molar-refractivity contribution < 1.29 is 9.84 Å². The molecule has 0 bridgehead atoms. The van der Waals surface area contributed by atoms with E-state index in [1.54, 1.807) is 0 Å². The molecule has 50 valence electrons. The number of aliphatic hydroxyl groups is 1. The van der Waals surface area contributed by atoms with Crippen molar-refractivity contribution >= 4 is 19.4 Å². The van der Waals surface area contributed by atoms with E-state index < -0.39 is 4.77 Å². The molecule has 2 radical (unpaired) electrons. The van der Waals surface area contributed by atoms with Crippen LogP contribution in [0.25, 0.3) is 0 Å². The topological polar surface area (TPSA) is 29.5 Å². The zero-order chi connectivity index (χ0) is 6.91. The quantitative estimate of drug-likeness (QED) is 0.413. The molecule has 1 N–H and O–H groups in total. The van der Waals surface area contributed by atoms with Gasteiger partial charge in [-0.15, -0.1) is 11.6 Å². The van der Waals surface area contributed by atoms with E-state index in [-0.39, 0.29) is 12.7 Å². The summed E-state index contributed by atoms with van der Waals surface area (Å²) >= 11 is 5.68. The molecule has 1 aliphatic rings. The van der Waals surface area contributed by atoms with Crippen LogP contribution in [0.1, 0.15) is 6.42 Å². The SMILES string of the molecule is [B][C@]1(Cl)COC(CO)C1. The van der Waals surface area contributed by atoms with E-state index in [2.05, 4.69) is 0 Å². The lowest BCUT2D eigenvalue weighted by atomic mass is 9.84. The van der Waals surface area contributed by atoms with Crippen LogP contribution in [0, 0.1) is 0 Å². The summed E-state index contributed by atoms with van der Waals surface area (Å²) in [7, 11) is 5.47. The van der Waals surface area contributed by atoms with Crippen molar-refractivity contribution in [2.45, 2.75) is 17.3 Å². The summed E-state index contributed by atoms with van der Waals surface area (Å²) in [6.07, 6.45) is 0.373. The van der Waals surface area contributed by atoms with Crippen LogP contribution in [0.15, 0.2) is 0 Å². The van der Waals surface area contributed by atoms with Crippen molar-refractivity contribution in [3.63, 3.8) is 0 Å². The number of ether oxygens (including phenoxy) is 1. The maximum Gasteiger partial charge on any atom is 0.0998 e. The summed E-state index contributed by atoms with van der Waals surface area (Å²) in [5, 5.41) is 8.56. The monoisotopic (exact) mass is 146 g/mol. The van der Waals surface area contributed by atoms with Gasteiger partial charge in [0, 0.05) is 4.77 Å². The number of hydrogen-bond acceptors (Lipinski definition) is 2. The fourth-order valence-corrected chi connectivity index (χ4v) is 1.11. The minimum absolute atomic E-state index is 0.00562. The minimum Gasteiger partial charge on any atom is -0.394 e. The van der Waals surface area contributed by atoms with Gasteiger partial charge in [-0.25, -0.2) is 0 Å². The third kappa shape index (κ3) is 1.85. The van der Waals surface area contributed by atoms with Gasteiger partial charge in [-0.05, 0) is 6.42 Å². The molecule has 0 saturated carbocycles. The van der Waals surface area contributed by atoms with E-state index in [1.807, 2.05) is 0 Å². The van der Waals surface area contributed by atoms with Crippen LogP contribution in [0.2, 0.25) is 0 Å². The van der Waals surface area contributed by atoms with Crippen molar-refractivity contribution in [3.8, 4) is 0 Å². The second kappa shape index (κ2) is 2.49. The first-order valence-electron chi connectivity index (χ1n) is 2.84. The molecule has 1 rings (SSSR count). The Kier molecular flexibility index (Phi) is 2.04. The molecule has 0 aromatic carbocycles. The molecule has 4 heteroatoms. The van der Waals surface area contributed by atoms with Gasteiger partial charge < -0.3 is 9.84 Å². The molecular formula is C5H8BClO2. The van der Waals surface area contributed by atoms with Crippen molar-refractivity contribution in [1.29, 1.82) is 0 Å². The Bertz CT molecular complexity index is 107. The van der Waals surface area contributed by atoms with Gasteiger partial charge in [-0.2, -0.15) is 0 Å². The standard InChI is InChI=1S/C5H8BClO2/c6-5(7)1-4(2-8)9-3-5/h4,8H,1-3H2/t4?,5-/m1/s1.